The SMILES string of the molecule is CN=C(NCCOc1ccc(C(F)(F)F)cc1)NCc1ccsc1.I. The second-order valence-electron chi connectivity index (χ2n) is 4.85. The largest absolute Gasteiger partial charge is 0.492 e. The summed E-state index contributed by atoms with van der Waals surface area (Å²) in [6.45, 7) is 1.46. The number of halogens is 4. The van der Waals surface area contributed by atoms with Gasteiger partial charge in [-0.05, 0) is 46.7 Å². The highest BCUT2D eigenvalue weighted by molar-refractivity contribution is 14.0. The van der Waals surface area contributed by atoms with Crippen molar-refractivity contribution in [3.63, 3.8) is 0 Å². The topological polar surface area (TPSA) is 45.7 Å². The summed E-state index contributed by atoms with van der Waals surface area (Å²) < 4.78 is 42.8. The van der Waals surface area contributed by atoms with E-state index in [4.69, 9.17) is 4.74 Å². The van der Waals surface area contributed by atoms with E-state index in [0.29, 0.717) is 31.4 Å². The minimum absolute atomic E-state index is 0. The summed E-state index contributed by atoms with van der Waals surface area (Å²) in [4.78, 5) is 4.09. The number of aliphatic imine (C=N–C) groups is 1. The molecule has 0 amide bonds. The van der Waals surface area contributed by atoms with Crippen LogP contribution in [0.2, 0.25) is 0 Å². The Labute approximate surface area is 165 Å². The molecule has 2 rings (SSSR count). The Morgan fingerprint density at radius 2 is 1.88 bits per heavy atom. The van der Waals surface area contributed by atoms with Crippen LogP contribution in [0.15, 0.2) is 46.1 Å². The summed E-state index contributed by atoms with van der Waals surface area (Å²) in [5.74, 6) is 1.03. The number of benzene rings is 1. The van der Waals surface area contributed by atoms with E-state index in [9.17, 15) is 13.2 Å². The van der Waals surface area contributed by atoms with Crippen LogP contribution in [-0.4, -0.2) is 26.2 Å². The second-order valence-corrected chi connectivity index (χ2v) is 5.63. The summed E-state index contributed by atoms with van der Waals surface area (Å²) in [5, 5.41) is 10.3. The van der Waals surface area contributed by atoms with E-state index in [1.165, 1.54) is 17.7 Å². The maximum absolute atomic E-state index is 12.5. The third-order valence-corrected chi connectivity index (χ3v) is 3.84. The summed E-state index contributed by atoms with van der Waals surface area (Å²) in [5.41, 5.74) is 0.481. The van der Waals surface area contributed by atoms with Gasteiger partial charge >= 0.3 is 6.18 Å². The highest BCUT2D eigenvalue weighted by Gasteiger charge is 2.29. The summed E-state index contributed by atoms with van der Waals surface area (Å²) in [7, 11) is 1.67. The lowest BCUT2D eigenvalue weighted by molar-refractivity contribution is -0.137. The zero-order chi connectivity index (χ0) is 17.4. The van der Waals surface area contributed by atoms with Crippen LogP contribution < -0.4 is 15.4 Å². The molecule has 0 aliphatic carbocycles. The van der Waals surface area contributed by atoms with E-state index in [1.54, 1.807) is 18.4 Å². The van der Waals surface area contributed by atoms with Crippen molar-refractivity contribution >= 4 is 41.3 Å². The van der Waals surface area contributed by atoms with Crippen molar-refractivity contribution < 1.29 is 17.9 Å². The van der Waals surface area contributed by atoms with Crippen molar-refractivity contribution in [1.29, 1.82) is 0 Å². The molecule has 0 aliphatic heterocycles. The van der Waals surface area contributed by atoms with Crippen LogP contribution in [0.5, 0.6) is 5.75 Å². The Morgan fingerprint density at radius 3 is 2.44 bits per heavy atom. The number of alkyl halides is 3. The molecule has 9 heteroatoms. The highest BCUT2D eigenvalue weighted by atomic mass is 127. The van der Waals surface area contributed by atoms with E-state index in [0.717, 1.165) is 12.1 Å². The van der Waals surface area contributed by atoms with Gasteiger partial charge in [0, 0.05) is 13.6 Å². The van der Waals surface area contributed by atoms with Crippen molar-refractivity contribution in [3.8, 4) is 5.75 Å². The number of guanidine groups is 1. The third-order valence-electron chi connectivity index (χ3n) is 3.11. The first-order valence-electron chi connectivity index (χ1n) is 7.24. The fraction of sp³-hybridized carbons (Fsp3) is 0.312. The fourth-order valence-corrected chi connectivity index (χ4v) is 2.55. The summed E-state index contributed by atoms with van der Waals surface area (Å²) >= 11 is 1.63. The van der Waals surface area contributed by atoms with E-state index in [-0.39, 0.29) is 24.0 Å². The Morgan fingerprint density at radius 1 is 1.16 bits per heavy atom. The monoisotopic (exact) mass is 485 g/mol. The molecule has 2 N–H and O–H groups in total. The Bertz CT molecular complexity index is 646. The number of rotatable bonds is 6. The van der Waals surface area contributed by atoms with Gasteiger partial charge in [-0.1, -0.05) is 0 Å². The molecule has 0 saturated carbocycles. The molecule has 0 unspecified atom stereocenters. The molecule has 0 spiro atoms. The van der Waals surface area contributed by atoms with E-state index in [1.807, 2.05) is 16.8 Å². The van der Waals surface area contributed by atoms with Gasteiger partial charge in [0.25, 0.3) is 0 Å². The van der Waals surface area contributed by atoms with Crippen molar-refractivity contribution in [3.05, 3.63) is 52.2 Å². The van der Waals surface area contributed by atoms with Gasteiger partial charge < -0.3 is 15.4 Å². The molecule has 0 saturated heterocycles. The number of ether oxygens (including phenoxy) is 1. The average Bonchev–Trinajstić information content (AvgIpc) is 3.07. The average molecular weight is 485 g/mol. The molecule has 0 atom stereocenters. The van der Waals surface area contributed by atoms with E-state index in [2.05, 4.69) is 15.6 Å². The molecular formula is C16H19F3IN3OS. The molecule has 2 aromatic rings. The van der Waals surface area contributed by atoms with Gasteiger partial charge in [0.05, 0.1) is 12.1 Å². The van der Waals surface area contributed by atoms with Crippen LogP contribution in [0, 0.1) is 0 Å². The molecular weight excluding hydrogens is 466 g/mol. The molecule has 4 nitrogen and oxygen atoms in total. The molecule has 0 aliphatic rings. The predicted octanol–water partition coefficient (Wildman–Crippen LogP) is 4.13. The molecule has 25 heavy (non-hydrogen) atoms. The summed E-state index contributed by atoms with van der Waals surface area (Å²) in [6.07, 6.45) is -4.33. The molecule has 1 heterocycles. The maximum atomic E-state index is 12.5. The van der Waals surface area contributed by atoms with Crippen LogP contribution in [0.3, 0.4) is 0 Å². The predicted molar refractivity (Wildman–Crippen MR) is 105 cm³/mol. The first kappa shape index (κ1) is 21.6. The quantitative estimate of drug-likeness (QED) is 0.280. The first-order chi connectivity index (χ1) is 11.5. The number of hydrogen-bond acceptors (Lipinski definition) is 3. The lowest BCUT2D eigenvalue weighted by Crippen LogP contribution is -2.38. The smallest absolute Gasteiger partial charge is 0.416 e. The lowest BCUT2D eigenvalue weighted by atomic mass is 10.2. The molecule has 138 valence electrons. The molecule has 0 bridgehead atoms. The van der Waals surface area contributed by atoms with Gasteiger partial charge in [-0.3, -0.25) is 4.99 Å². The van der Waals surface area contributed by atoms with Crippen LogP contribution in [0.25, 0.3) is 0 Å². The first-order valence-corrected chi connectivity index (χ1v) is 8.19. The van der Waals surface area contributed by atoms with Crippen LogP contribution in [0.4, 0.5) is 13.2 Å². The maximum Gasteiger partial charge on any atom is 0.416 e. The van der Waals surface area contributed by atoms with Gasteiger partial charge in [0.1, 0.15) is 12.4 Å². The minimum atomic E-state index is -4.33. The van der Waals surface area contributed by atoms with Crippen LogP contribution in [-0.2, 0) is 12.7 Å². The molecule has 1 aromatic heterocycles. The molecule has 0 fully saturated rings. The minimum Gasteiger partial charge on any atom is -0.492 e. The van der Waals surface area contributed by atoms with Gasteiger partial charge in [-0.15, -0.1) is 24.0 Å². The highest BCUT2D eigenvalue weighted by Crippen LogP contribution is 2.30. The lowest BCUT2D eigenvalue weighted by Gasteiger charge is -2.12. The van der Waals surface area contributed by atoms with Crippen LogP contribution >= 0.6 is 35.3 Å². The van der Waals surface area contributed by atoms with Gasteiger partial charge in [-0.2, -0.15) is 24.5 Å². The summed E-state index contributed by atoms with van der Waals surface area (Å²) in [6, 6.07) is 6.66. The van der Waals surface area contributed by atoms with E-state index < -0.39 is 11.7 Å². The standard InChI is InChI=1S/C16H18F3N3OS.HI/c1-20-15(22-10-12-6-9-24-11-12)21-7-8-23-14-4-2-13(3-5-14)16(17,18)19;/h2-6,9,11H,7-8,10H2,1H3,(H2,20,21,22);1H. The Hall–Kier alpha value is -1.49. The molecule has 0 radical (unpaired) electrons. The van der Waals surface area contributed by atoms with Crippen molar-refractivity contribution in [1.82, 2.24) is 10.6 Å². The number of nitrogens with one attached hydrogen (secondary N) is 2. The zero-order valence-corrected chi connectivity index (χ0v) is 16.6. The van der Waals surface area contributed by atoms with Crippen molar-refractivity contribution in [2.75, 3.05) is 20.2 Å². The Balaban J connectivity index is 0.00000312. The fourth-order valence-electron chi connectivity index (χ4n) is 1.88. The van der Waals surface area contributed by atoms with E-state index >= 15 is 0 Å². The van der Waals surface area contributed by atoms with Gasteiger partial charge in [0.15, 0.2) is 5.96 Å². The number of thiophene rings is 1. The van der Waals surface area contributed by atoms with Gasteiger partial charge in [0.2, 0.25) is 0 Å². The zero-order valence-electron chi connectivity index (χ0n) is 13.5. The second kappa shape index (κ2) is 10.5. The normalized spacial score (nSPS) is 11.6. The van der Waals surface area contributed by atoms with Crippen LogP contribution in [0.1, 0.15) is 11.1 Å². The number of hydrogen-bond donors (Lipinski definition) is 2. The van der Waals surface area contributed by atoms with Gasteiger partial charge in [-0.25, -0.2) is 0 Å². The van der Waals surface area contributed by atoms with Crippen molar-refractivity contribution in [2.45, 2.75) is 12.7 Å². The Kier molecular flexibility index (Phi) is 9.04. The number of nitrogens with zero attached hydrogens (tertiary/aromatic N) is 1. The molecule has 1 aromatic carbocycles. The van der Waals surface area contributed by atoms with Crippen molar-refractivity contribution in [2.24, 2.45) is 4.99 Å². The third kappa shape index (κ3) is 7.51.